The molecule has 0 saturated carbocycles. The number of rotatable bonds is 6. The predicted molar refractivity (Wildman–Crippen MR) is 51.3 cm³/mol. The summed E-state index contributed by atoms with van der Waals surface area (Å²) in [6, 6.07) is 0. The molecule has 1 unspecified atom stereocenters. The Morgan fingerprint density at radius 1 is 1.42 bits per heavy atom. The zero-order valence-electron chi connectivity index (χ0n) is 8.47. The van der Waals surface area contributed by atoms with Crippen LogP contribution in [0.15, 0.2) is 0 Å². The van der Waals surface area contributed by atoms with Gasteiger partial charge in [0, 0.05) is 57.8 Å². The van der Waals surface area contributed by atoms with E-state index in [1.54, 1.807) is 0 Å². The van der Waals surface area contributed by atoms with Crippen LogP contribution >= 0.6 is 0 Å². The molecule has 1 atom stereocenters. The fourth-order valence-corrected chi connectivity index (χ4v) is 1.19. The molecule has 0 heterocycles. The Hall–Kier alpha value is 1.11. The standard InChI is InChI=1S/C9H18O2.K/c1-3-5-6-8(4-2)7-9(10)11;/h8H,3-7H2,1-2H3,(H,10,11);. The van der Waals surface area contributed by atoms with Gasteiger partial charge < -0.3 is 5.11 Å². The number of carboxylic acid groups (broad SMARTS) is 1. The smallest absolute Gasteiger partial charge is 0.303 e. The van der Waals surface area contributed by atoms with Crippen molar-refractivity contribution in [3.05, 3.63) is 0 Å². The van der Waals surface area contributed by atoms with Crippen LogP contribution in [0, 0.1) is 5.92 Å². The molecule has 1 radical (unpaired) electrons. The summed E-state index contributed by atoms with van der Waals surface area (Å²) in [6.07, 6.45) is 4.73. The Labute approximate surface area is 118 Å². The third kappa shape index (κ3) is 9.20. The average Bonchev–Trinajstić information content (AvgIpc) is 1.97. The minimum atomic E-state index is -0.659. The Kier molecular flexibility index (Phi) is 13.2. The second-order valence-electron chi connectivity index (χ2n) is 3.01. The molecule has 0 aliphatic heterocycles. The quantitative estimate of drug-likeness (QED) is 0.663. The van der Waals surface area contributed by atoms with Crippen molar-refractivity contribution in [2.75, 3.05) is 0 Å². The third-order valence-electron chi connectivity index (χ3n) is 2.01. The Bertz CT molecular complexity index is 115. The minimum Gasteiger partial charge on any atom is -0.481 e. The van der Waals surface area contributed by atoms with E-state index in [0.717, 1.165) is 25.7 Å². The van der Waals surface area contributed by atoms with Gasteiger partial charge in [0.15, 0.2) is 0 Å². The average molecular weight is 197 g/mol. The number of carboxylic acids is 1. The first-order chi connectivity index (χ1) is 5.20. The molecule has 2 nitrogen and oxygen atoms in total. The summed E-state index contributed by atoms with van der Waals surface area (Å²) in [4.78, 5) is 10.3. The van der Waals surface area contributed by atoms with Crippen LogP contribution in [0.5, 0.6) is 0 Å². The van der Waals surface area contributed by atoms with E-state index in [4.69, 9.17) is 5.11 Å². The maximum atomic E-state index is 10.3. The van der Waals surface area contributed by atoms with Crippen molar-refractivity contribution in [1.29, 1.82) is 0 Å². The van der Waals surface area contributed by atoms with Crippen molar-refractivity contribution in [3.8, 4) is 0 Å². The summed E-state index contributed by atoms with van der Waals surface area (Å²) >= 11 is 0. The van der Waals surface area contributed by atoms with Crippen LogP contribution in [0.1, 0.15) is 46.0 Å². The van der Waals surface area contributed by atoms with Gasteiger partial charge in [0.2, 0.25) is 0 Å². The zero-order chi connectivity index (χ0) is 8.69. The number of unbranched alkanes of at least 4 members (excludes halogenated alkanes) is 1. The second kappa shape index (κ2) is 10.2. The van der Waals surface area contributed by atoms with Gasteiger partial charge in [0.25, 0.3) is 0 Å². The molecule has 0 amide bonds. The van der Waals surface area contributed by atoms with Crippen molar-refractivity contribution in [3.63, 3.8) is 0 Å². The molecule has 0 aromatic carbocycles. The third-order valence-corrected chi connectivity index (χ3v) is 2.01. The van der Waals surface area contributed by atoms with E-state index in [9.17, 15) is 4.79 Å². The maximum absolute atomic E-state index is 10.3. The summed E-state index contributed by atoms with van der Waals surface area (Å²) in [5.41, 5.74) is 0. The van der Waals surface area contributed by atoms with E-state index in [1.807, 2.05) is 0 Å². The van der Waals surface area contributed by atoms with Gasteiger partial charge in [-0.25, -0.2) is 0 Å². The Balaban J connectivity index is 0. The summed E-state index contributed by atoms with van der Waals surface area (Å²) in [5.74, 6) is -0.264. The molecule has 0 bridgehead atoms. The molecule has 67 valence electrons. The predicted octanol–water partition coefficient (Wildman–Crippen LogP) is 2.30. The van der Waals surface area contributed by atoms with E-state index in [2.05, 4.69) is 13.8 Å². The first-order valence-corrected chi connectivity index (χ1v) is 4.42. The normalized spacial score (nSPS) is 11.8. The van der Waals surface area contributed by atoms with E-state index in [-0.39, 0.29) is 51.4 Å². The maximum Gasteiger partial charge on any atom is 0.303 e. The van der Waals surface area contributed by atoms with E-state index >= 15 is 0 Å². The van der Waals surface area contributed by atoms with Crippen LogP contribution in [0.2, 0.25) is 0 Å². The number of carbonyl (C=O) groups is 1. The van der Waals surface area contributed by atoms with E-state index in [1.165, 1.54) is 0 Å². The van der Waals surface area contributed by atoms with Gasteiger partial charge in [-0.2, -0.15) is 0 Å². The topological polar surface area (TPSA) is 37.3 Å². The van der Waals surface area contributed by atoms with Crippen LogP contribution in [0.25, 0.3) is 0 Å². The molecule has 0 aromatic rings. The van der Waals surface area contributed by atoms with Crippen molar-refractivity contribution >= 4 is 57.4 Å². The summed E-state index contributed by atoms with van der Waals surface area (Å²) in [7, 11) is 0. The Morgan fingerprint density at radius 3 is 2.33 bits per heavy atom. The molecule has 0 spiro atoms. The first-order valence-electron chi connectivity index (χ1n) is 4.42. The van der Waals surface area contributed by atoms with Gasteiger partial charge in [-0.15, -0.1) is 0 Å². The van der Waals surface area contributed by atoms with Crippen LogP contribution in [-0.2, 0) is 4.79 Å². The number of hydrogen-bond donors (Lipinski definition) is 1. The van der Waals surface area contributed by atoms with Crippen LogP contribution in [-0.4, -0.2) is 62.5 Å². The monoisotopic (exact) mass is 197 g/mol. The van der Waals surface area contributed by atoms with E-state index < -0.39 is 5.97 Å². The summed E-state index contributed by atoms with van der Waals surface area (Å²) in [6.45, 7) is 4.19. The molecule has 0 aromatic heterocycles. The van der Waals surface area contributed by atoms with Crippen molar-refractivity contribution in [2.45, 2.75) is 46.0 Å². The molecule has 1 N–H and O–H groups in total. The molecular formula is C9H18KO2. The van der Waals surface area contributed by atoms with Crippen molar-refractivity contribution in [1.82, 2.24) is 0 Å². The van der Waals surface area contributed by atoms with Crippen LogP contribution in [0.3, 0.4) is 0 Å². The summed E-state index contributed by atoms with van der Waals surface area (Å²) in [5, 5.41) is 8.51. The van der Waals surface area contributed by atoms with Gasteiger partial charge in [0.1, 0.15) is 0 Å². The Morgan fingerprint density at radius 2 is 2.00 bits per heavy atom. The molecule has 0 rings (SSSR count). The van der Waals surface area contributed by atoms with Gasteiger partial charge in [0.05, 0.1) is 0 Å². The zero-order valence-corrected chi connectivity index (χ0v) is 11.6. The molecule has 0 fully saturated rings. The fourth-order valence-electron chi connectivity index (χ4n) is 1.19. The second-order valence-corrected chi connectivity index (χ2v) is 3.01. The first kappa shape index (κ1) is 15.6. The van der Waals surface area contributed by atoms with Gasteiger partial charge in [-0.05, 0) is 12.3 Å². The largest absolute Gasteiger partial charge is 0.481 e. The number of aliphatic carboxylic acids is 1. The molecule has 12 heavy (non-hydrogen) atoms. The SMILES string of the molecule is CCCCC(CC)CC(=O)O.[K]. The van der Waals surface area contributed by atoms with Gasteiger partial charge in [-0.3, -0.25) is 4.79 Å². The van der Waals surface area contributed by atoms with Gasteiger partial charge in [-0.1, -0.05) is 33.1 Å². The van der Waals surface area contributed by atoms with Gasteiger partial charge >= 0.3 is 5.97 Å². The molecule has 0 aliphatic carbocycles. The van der Waals surface area contributed by atoms with Crippen molar-refractivity contribution < 1.29 is 9.90 Å². The molecular weight excluding hydrogens is 179 g/mol. The summed E-state index contributed by atoms with van der Waals surface area (Å²) < 4.78 is 0. The van der Waals surface area contributed by atoms with Crippen LogP contribution in [0.4, 0.5) is 0 Å². The fraction of sp³-hybridized carbons (Fsp3) is 0.889. The van der Waals surface area contributed by atoms with Crippen LogP contribution < -0.4 is 0 Å². The molecule has 3 heteroatoms. The van der Waals surface area contributed by atoms with Crippen molar-refractivity contribution in [2.24, 2.45) is 5.92 Å². The number of hydrogen-bond acceptors (Lipinski definition) is 1. The minimum absolute atomic E-state index is 0. The van der Waals surface area contributed by atoms with E-state index in [0.29, 0.717) is 12.3 Å². The molecule has 0 aliphatic rings. The molecule has 0 saturated heterocycles.